The van der Waals surface area contributed by atoms with Crippen LogP contribution in [0.5, 0.6) is 11.5 Å². The van der Waals surface area contributed by atoms with Gasteiger partial charge in [-0.2, -0.15) is 13.1 Å². The number of rotatable bonds is 6. The molecule has 3 aliphatic rings. The number of ether oxygens (including phenoxy) is 2. The van der Waals surface area contributed by atoms with E-state index in [0.717, 1.165) is 16.8 Å². The molecule has 0 aliphatic carbocycles. The Balaban J connectivity index is 1.21. The van der Waals surface area contributed by atoms with Crippen LogP contribution in [0.4, 0.5) is 14.5 Å². The highest BCUT2D eigenvalue weighted by atomic mass is 32.2. The molecule has 12 heteroatoms. The molecule has 0 saturated heterocycles. The van der Waals surface area contributed by atoms with Crippen molar-refractivity contribution in [2.45, 2.75) is 17.6 Å². The molecular formula is C23H23F2N3O6S. The highest BCUT2D eigenvalue weighted by Gasteiger charge is 2.39. The summed E-state index contributed by atoms with van der Waals surface area (Å²) in [6.45, 7) is -1.12. The molecule has 9 nitrogen and oxygen atoms in total. The first-order chi connectivity index (χ1) is 16.7. The van der Waals surface area contributed by atoms with E-state index >= 15 is 0 Å². The summed E-state index contributed by atoms with van der Waals surface area (Å²) in [5, 5.41) is 13.8. The maximum Gasteiger partial charge on any atom is 0.387 e. The number of fused-ring (bicyclic) bond motifs is 1. The Hall–Kier alpha value is -3.22. The monoisotopic (exact) mass is 507 g/mol. The number of carbonyl (C=O) groups is 1. The van der Waals surface area contributed by atoms with Crippen LogP contribution in [0.3, 0.4) is 0 Å². The van der Waals surface area contributed by atoms with E-state index in [4.69, 9.17) is 4.74 Å². The second-order valence-corrected chi connectivity index (χ2v) is 10.4. The maximum absolute atomic E-state index is 13.0. The quantitative estimate of drug-likeness (QED) is 0.576. The number of hydrogen-bond donors (Lipinski definition) is 2. The van der Waals surface area contributed by atoms with Gasteiger partial charge in [0.15, 0.2) is 6.10 Å². The lowest BCUT2D eigenvalue weighted by atomic mass is 10.1. The van der Waals surface area contributed by atoms with Crippen molar-refractivity contribution in [1.82, 2.24) is 9.21 Å². The van der Waals surface area contributed by atoms with Gasteiger partial charge in [0, 0.05) is 32.7 Å². The van der Waals surface area contributed by atoms with Crippen LogP contribution in [-0.4, -0.2) is 74.6 Å². The van der Waals surface area contributed by atoms with E-state index in [1.807, 2.05) is 0 Å². The van der Waals surface area contributed by atoms with Crippen LogP contribution in [0, 0.1) is 0 Å². The molecule has 0 aromatic heterocycles. The minimum absolute atomic E-state index is 0.0337. The molecule has 5 rings (SSSR count). The Kier molecular flexibility index (Phi) is 6.11. The van der Waals surface area contributed by atoms with Crippen molar-refractivity contribution in [3.05, 3.63) is 59.2 Å². The molecule has 3 aliphatic heterocycles. The van der Waals surface area contributed by atoms with Crippen molar-refractivity contribution in [2.24, 2.45) is 0 Å². The minimum Gasteiger partial charge on any atom is -0.490 e. The number of hydrogen-bond acceptors (Lipinski definition) is 7. The van der Waals surface area contributed by atoms with Gasteiger partial charge in [-0.05, 0) is 53.1 Å². The summed E-state index contributed by atoms with van der Waals surface area (Å²) in [5.74, 6) is 0.0787. The zero-order valence-corrected chi connectivity index (χ0v) is 19.3. The molecule has 2 N–H and O–H groups in total. The molecule has 2 aromatic rings. The van der Waals surface area contributed by atoms with Crippen molar-refractivity contribution in [3.63, 3.8) is 0 Å². The molecule has 1 amide bonds. The van der Waals surface area contributed by atoms with Crippen molar-refractivity contribution in [1.29, 1.82) is 0 Å². The summed E-state index contributed by atoms with van der Waals surface area (Å²) in [5.41, 5.74) is 2.79. The first-order valence-corrected chi connectivity index (χ1v) is 12.4. The highest BCUT2D eigenvalue weighted by Crippen LogP contribution is 2.34. The Morgan fingerprint density at radius 2 is 1.74 bits per heavy atom. The number of aliphatic hydroxyl groups excluding tert-OH is 1. The fraction of sp³-hybridized carbons (Fsp3) is 0.348. The van der Waals surface area contributed by atoms with Crippen molar-refractivity contribution in [2.75, 3.05) is 44.6 Å². The van der Waals surface area contributed by atoms with Crippen LogP contribution in [0.1, 0.15) is 11.7 Å². The zero-order valence-electron chi connectivity index (χ0n) is 18.5. The lowest BCUT2D eigenvalue weighted by Gasteiger charge is -2.25. The van der Waals surface area contributed by atoms with Gasteiger partial charge in [-0.3, -0.25) is 4.79 Å². The Morgan fingerprint density at radius 1 is 1.06 bits per heavy atom. The molecule has 0 unspecified atom stereocenters. The summed E-state index contributed by atoms with van der Waals surface area (Å²) < 4.78 is 61.7. The van der Waals surface area contributed by atoms with Gasteiger partial charge in [0.05, 0.1) is 10.6 Å². The smallest absolute Gasteiger partial charge is 0.387 e. The van der Waals surface area contributed by atoms with Crippen molar-refractivity contribution in [3.8, 4) is 11.5 Å². The lowest BCUT2D eigenvalue weighted by molar-refractivity contribution is -0.139. The summed E-state index contributed by atoms with van der Waals surface area (Å²) in [4.78, 5) is 14.4. The van der Waals surface area contributed by atoms with Gasteiger partial charge < -0.3 is 24.8 Å². The Morgan fingerprint density at radius 3 is 2.40 bits per heavy atom. The third-order valence-electron chi connectivity index (χ3n) is 6.22. The second kappa shape index (κ2) is 9.10. The number of halogens is 2. The number of nitrogens with zero attached hydrogens (tertiary/aromatic N) is 2. The minimum atomic E-state index is -3.85. The molecule has 3 heterocycles. The first-order valence-electron chi connectivity index (χ1n) is 10.9. The van der Waals surface area contributed by atoms with E-state index in [1.165, 1.54) is 33.5 Å². The normalized spacial score (nSPS) is 18.7. The van der Waals surface area contributed by atoms with Crippen LogP contribution >= 0.6 is 0 Å². The molecule has 35 heavy (non-hydrogen) atoms. The third kappa shape index (κ3) is 4.56. The summed E-state index contributed by atoms with van der Waals surface area (Å²) in [6, 6.07) is 9.87. The summed E-state index contributed by atoms with van der Waals surface area (Å²) in [6.07, 6.45) is -1.35. The average Bonchev–Trinajstić information content (AvgIpc) is 3.43. The Labute approximate surface area is 200 Å². The number of benzene rings is 2. The van der Waals surface area contributed by atoms with Gasteiger partial charge in [-0.15, -0.1) is 0 Å². The highest BCUT2D eigenvalue weighted by molar-refractivity contribution is 7.89. The van der Waals surface area contributed by atoms with Gasteiger partial charge in [-0.25, -0.2) is 8.42 Å². The van der Waals surface area contributed by atoms with Crippen LogP contribution in [-0.2, 0) is 14.8 Å². The maximum atomic E-state index is 13.0. The predicted molar refractivity (Wildman–Crippen MR) is 121 cm³/mol. The number of amides is 1. The molecule has 2 aromatic carbocycles. The molecule has 0 radical (unpaired) electrons. The largest absolute Gasteiger partial charge is 0.490 e. The van der Waals surface area contributed by atoms with Gasteiger partial charge >= 0.3 is 6.61 Å². The molecule has 1 atom stereocenters. The number of carbonyl (C=O) groups excluding carboxylic acids is 1. The predicted octanol–water partition coefficient (Wildman–Crippen LogP) is 1.97. The van der Waals surface area contributed by atoms with E-state index in [9.17, 15) is 27.1 Å². The number of aliphatic hydroxyl groups is 1. The molecule has 0 fully saturated rings. The van der Waals surface area contributed by atoms with E-state index < -0.39 is 28.6 Å². The molecule has 0 saturated carbocycles. The molecule has 0 spiro atoms. The fourth-order valence-corrected chi connectivity index (χ4v) is 5.89. The number of nitrogens with one attached hydrogen (secondary N) is 1. The number of alkyl halides is 2. The zero-order chi connectivity index (χ0) is 24.7. The standard InChI is InChI=1S/C23H23F2N3O6S/c24-23(25)34-17-2-4-18(5-3-17)35(31,32)28-12-15-10-27(11-16(15)13-28)22(30)21(29)14-1-6-20-19(9-14)26-7-8-33-20/h1-6,9,21,23,26,29H,7-8,10-13H2/t21-/m1/s1. The summed E-state index contributed by atoms with van der Waals surface area (Å²) in [7, 11) is -3.85. The molecule has 186 valence electrons. The van der Waals surface area contributed by atoms with E-state index in [0.29, 0.717) is 24.5 Å². The first kappa shape index (κ1) is 23.5. The van der Waals surface area contributed by atoms with E-state index in [-0.39, 0.29) is 36.8 Å². The van der Waals surface area contributed by atoms with E-state index in [2.05, 4.69) is 10.1 Å². The van der Waals surface area contributed by atoms with Gasteiger partial charge in [-0.1, -0.05) is 6.07 Å². The number of sulfonamides is 1. The van der Waals surface area contributed by atoms with Crippen molar-refractivity contribution < 1.29 is 36.6 Å². The van der Waals surface area contributed by atoms with Gasteiger partial charge in [0.1, 0.15) is 18.1 Å². The Bertz CT molecular complexity index is 1260. The van der Waals surface area contributed by atoms with Crippen LogP contribution < -0.4 is 14.8 Å². The van der Waals surface area contributed by atoms with Crippen LogP contribution in [0.15, 0.2) is 58.5 Å². The van der Waals surface area contributed by atoms with Crippen LogP contribution in [0.25, 0.3) is 0 Å². The van der Waals surface area contributed by atoms with E-state index in [1.54, 1.807) is 18.2 Å². The number of anilines is 1. The van der Waals surface area contributed by atoms with Gasteiger partial charge in [0.2, 0.25) is 10.0 Å². The van der Waals surface area contributed by atoms with Crippen LogP contribution in [0.2, 0.25) is 0 Å². The van der Waals surface area contributed by atoms with Crippen molar-refractivity contribution >= 4 is 21.6 Å². The molecular weight excluding hydrogens is 484 g/mol. The summed E-state index contributed by atoms with van der Waals surface area (Å²) >= 11 is 0. The molecule has 0 bridgehead atoms. The van der Waals surface area contributed by atoms with Gasteiger partial charge in [0.25, 0.3) is 5.91 Å². The second-order valence-electron chi connectivity index (χ2n) is 8.46. The fourth-order valence-electron chi connectivity index (χ4n) is 4.46. The lowest BCUT2D eigenvalue weighted by Crippen LogP contribution is -2.38. The third-order valence-corrected chi connectivity index (χ3v) is 8.03. The SMILES string of the molecule is O=C([C@H](O)c1ccc2c(c1)NCCO2)N1CC2=C(C1)CN(S(=O)(=O)c1ccc(OC(F)F)cc1)C2. The average molecular weight is 508 g/mol. The topological polar surface area (TPSA) is 108 Å².